The average Bonchev–Trinajstić information content (AvgIpc) is 3.13. The Bertz CT molecular complexity index is 1080. The number of aromatic nitrogens is 1. The topological polar surface area (TPSA) is 88.5 Å². The standard InChI is InChI=1S/C21H27N3O4S/c1-5-23-13-17(8-9-19(23)25)22-21(26)18-7-6-10-24(18)29(27,28)20-15(3)11-14(2)12-16(20)4/h8-9,11-13,18H,5-7,10H2,1-4H3,(H,22,26). The van der Waals surface area contributed by atoms with Crippen LogP contribution >= 0.6 is 0 Å². The number of pyridine rings is 1. The lowest BCUT2D eigenvalue weighted by Gasteiger charge is -2.25. The summed E-state index contributed by atoms with van der Waals surface area (Å²) in [7, 11) is -3.81. The van der Waals surface area contributed by atoms with E-state index in [4.69, 9.17) is 0 Å². The first-order valence-electron chi connectivity index (χ1n) is 9.76. The summed E-state index contributed by atoms with van der Waals surface area (Å²) >= 11 is 0. The van der Waals surface area contributed by atoms with Crippen molar-refractivity contribution in [3.63, 3.8) is 0 Å². The van der Waals surface area contributed by atoms with Crippen LogP contribution < -0.4 is 10.9 Å². The van der Waals surface area contributed by atoms with Crippen LogP contribution in [0.1, 0.15) is 36.5 Å². The number of nitrogens with zero attached hydrogens (tertiary/aromatic N) is 2. The fourth-order valence-corrected chi connectivity index (χ4v) is 6.13. The normalized spacial score (nSPS) is 17.4. The van der Waals surface area contributed by atoms with Crippen molar-refractivity contribution < 1.29 is 13.2 Å². The molecule has 2 aromatic rings. The molecule has 1 unspecified atom stereocenters. The second-order valence-corrected chi connectivity index (χ2v) is 9.36. The lowest BCUT2D eigenvalue weighted by Crippen LogP contribution is -2.43. The van der Waals surface area contributed by atoms with E-state index >= 15 is 0 Å². The number of hydrogen-bond acceptors (Lipinski definition) is 4. The highest BCUT2D eigenvalue weighted by Gasteiger charge is 2.40. The number of amides is 1. The molecule has 1 aromatic carbocycles. The fraction of sp³-hybridized carbons (Fsp3) is 0.429. The van der Waals surface area contributed by atoms with Crippen molar-refractivity contribution in [1.29, 1.82) is 0 Å². The van der Waals surface area contributed by atoms with Crippen LogP contribution in [0.3, 0.4) is 0 Å². The molecule has 2 heterocycles. The molecule has 1 N–H and O–H groups in total. The van der Waals surface area contributed by atoms with E-state index in [2.05, 4.69) is 5.32 Å². The van der Waals surface area contributed by atoms with E-state index in [-0.39, 0.29) is 16.4 Å². The van der Waals surface area contributed by atoms with E-state index in [1.165, 1.54) is 21.0 Å². The molecule has 1 aromatic heterocycles. The summed E-state index contributed by atoms with van der Waals surface area (Å²) in [6, 6.07) is 5.84. The zero-order valence-electron chi connectivity index (χ0n) is 17.2. The van der Waals surface area contributed by atoms with E-state index in [0.717, 1.165) is 5.56 Å². The van der Waals surface area contributed by atoms with Crippen LogP contribution in [-0.4, -0.2) is 35.8 Å². The van der Waals surface area contributed by atoms with E-state index < -0.39 is 16.1 Å². The molecule has 1 aliphatic heterocycles. The summed E-state index contributed by atoms with van der Waals surface area (Å²) in [5.74, 6) is -0.380. The summed E-state index contributed by atoms with van der Waals surface area (Å²) in [5, 5.41) is 2.77. The number of benzene rings is 1. The third-order valence-corrected chi connectivity index (χ3v) is 7.48. The quantitative estimate of drug-likeness (QED) is 0.810. The lowest BCUT2D eigenvalue weighted by molar-refractivity contribution is -0.119. The largest absolute Gasteiger partial charge is 0.323 e. The number of carbonyl (C=O) groups excluding carboxylic acids is 1. The van der Waals surface area contributed by atoms with E-state index in [1.54, 1.807) is 20.0 Å². The van der Waals surface area contributed by atoms with Crippen molar-refractivity contribution >= 4 is 21.6 Å². The summed E-state index contributed by atoms with van der Waals surface area (Å²) in [6.45, 7) is 8.13. The van der Waals surface area contributed by atoms with Crippen molar-refractivity contribution in [2.75, 3.05) is 11.9 Å². The molecule has 1 atom stereocenters. The smallest absolute Gasteiger partial charge is 0.250 e. The van der Waals surface area contributed by atoms with Gasteiger partial charge < -0.3 is 9.88 Å². The summed E-state index contributed by atoms with van der Waals surface area (Å²) in [5.41, 5.74) is 2.69. The minimum absolute atomic E-state index is 0.152. The van der Waals surface area contributed by atoms with Gasteiger partial charge in [0.25, 0.3) is 5.56 Å². The second-order valence-electron chi connectivity index (χ2n) is 7.53. The highest BCUT2D eigenvalue weighted by molar-refractivity contribution is 7.89. The number of anilines is 1. The van der Waals surface area contributed by atoms with E-state index in [9.17, 15) is 18.0 Å². The molecular weight excluding hydrogens is 390 g/mol. The van der Waals surface area contributed by atoms with E-state index in [0.29, 0.717) is 42.7 Å². The summed E-state index contributed by atoms with van der Waals surface area (Å²) < 4.78 is 29.6. The van der Waals surface area contributed by atoms with Crippen molar-refractivity contribution in [3.05, 3.63) is 57.5 Å². The molecule has 3 rings (SSSR count). The number of hydrogen-bond donors (Lipinski definition) is 1. The highest BCUT2D eigenvalue weighted by atomic mass is 32.2. The maximum absolute atomic E-state index is 13.4. The van der Waals surface area contributed by atoms with Gasteiger partial charge >= 0.3 is 0 Å². The molecule has 1 saturated heterocycles. The molecule has 1 aliphatic rings. The number of aryl methyl sites for hydroxylation is 4. The number of carbonyl (C=O) groups is 1. The molecule has 7 nitrogen and oxygen atoms in total. The molecule has 0 bridgehead atoms. The SMILES string of the molecule is CCn1cc(NC(=O)C2CCCN2S(=O)(=O)c2c(C)cc(C)cc2C)ccc1=O. The van der Waals surface area contributed by atoms with Crippen LogP contribution in [0.5, 0.6) is 0 Å². The van der Waals surface area contributed by atoms with Gasteiger partial charge in [0.05, 0.1) is 10.6 Å². The first-order valence-corrected chi connectivity index (χ1v) is 11.2. The molecule has 0 aliphatic carbocycles. The molecule has 0 spiro atoms. The van der Waals surface area contributed by atoms with Crippen LogP contribution in [-0.2, 0) is 21.4 Å². The predicted octanol–water partition coefficient (Wildman–Crippen LogP) is 2.59. The van der Waals surface area contributed by atoms with Crippen LogP contribution in [0.2, 0.25) is 0 Å². The van der Waals surface area contributed by atoms with Crippen molar-refractivity contribution in [3.8, 4) is 0 Å². The van der Waals surface area contributed by atoms with E-state index in [1.807, 2.05) is 26.0 Å². The fourth-order valence-electron chi connectivity index (χ4n) is 4.06. The van der Waals surface area contributed by atoms with Gasteiger partial charge in [-0.3, -0.25) is 9.59 Å². The third kappa shape index (κ3) is 4.13. The van der Waals surface area contributed by atoms with Crippen LogP contribution in [0.25, 0.3) is 0 Å². The minimum atomic E-state index is -3.81. The second kappa shape index (κ2) is 8.12. The molecular formula is C21H27N3O4S. The number of rotatable bonds is 5. The first-order chi connectivity index (χ1) is 13.6. The highest BCUT2D eigenvalue weighted by Crippen LogP contribution is 2.31. The average molecular weight is 418 g/mol. The summed E-state index contributed by atoms with van der Waals surface area (Å²) in [4.78, 5) is 24.9. The Morgan fingerprint density at radius 3 is 2.45 bits per heavy atom. The zero-order valence-corrected chi connectivity index (χ0v) is 18.0. The number of nitrogens with one attached hydrogen (secondary N) is 1. The monoisotopic (exact) mass is 417 g/mol. The first kappa shape index (κ1) is 21.3. The zero-order chi connectivity index (χ0) is 21.3. The van der Waals surface area contributed by atoms with Gasteiger partial charge in [-0.15, -0.1) is 0 Å². The Balaban J connectivity index is 1.90. The Morgan fingerprint density at radius 1 is 1.17 bits per heavy atom. The van der Waals surface area contributed by atoms with Crippen molar-refractivity contribution in [2.45, 2.75) is 58.0 Å². The van der Waals surface area contributed by atoms with Gasteiger partial charge in [0.15, 0.2) is 0 Å². The molecule has 8 heteroatoms. The van der Waals surface area contributed by atoms with Gasteiger partial charge in [0.2, 0.25) is 15.9 Å². The Labute approximate surface area is 171 Å². The van der Waals surface area contributed by atoms with Crippen molar-refractivity contribution in [2.24, 2.45) is 0 Å². The molecule has 29 heavy (non-hydrogen) atoms. The van der Waals surface area contributed by atoms with Gasteiger partial charge in [-0.25, -0.2) is 8.42 Å². The van der Waals surface area contributed by atoms with Crippen LogP contribution in [0, 0.1) is 20.8 Å². The minimum Gasteiger partial charge on any atom is -0.323 e. The number of sulfonamides is 1. The van der Waals surface area contributed by atoms with Gasteiger partial charge in [0.1, 0.15) is 6.04 Å². The van der Waals surface area contributed by atoms with Crippen LogP contribution in [0.4, 0.5) is 5.69 Å². The van der Waals surface area contributed by atoms with Gasteiger partial charge in [-0.2, -0.15) is 4.31 Å². The van der Waals surface area contributed by atoms with Gasteiger partial charge in [-0.05, 0) is 57.7 Å². The molecule has 0 radical (unpaired) electrons. The molecule has 1 amide bonds. The maximum Gasteiger partial charge on any atom is 0.250 e. The predicted molar refractivity (Wildman–Crippen MR) is 113 cm³/mol. The van der Waals surface area contributed by atoms with Crippen molar-refractivity contribution in [1.82, 2.24) is 8.87 Å². The lowest BCUT2D eigenvalue weighted by atomic mass is 10.1. The maximum atomic E-state index is 13.4. The molecule has 1 fully saturated rings. The Kier molecular flexibility index (Phi) is 5.95. The van der Waals surface area contributed by atoms with Gasteiger partial charge in [0, 0.05) is 25.4 Å². The Hall–Kier alpha value is -2.45. The van der Waals surface area contributed by atoms with Gasteiger partial charge in [-0.1, -0.05) is 17.7 Å². The Morgan fingerprint density at radius 2 is 1.83 bits per heavy atom. The van der Waals surface area contributed by atoms with Crippen LogP contribution in [0.15, 0.2) is 40.2 Å². The summed E-state index contributed by atoms with van der Waals surface area (Å²) in [6.07, 6.45) is 2.65. The molecule has 156 valence electrons. The third-order valence-electron chi connectivity index (χ3n) is 5.27. The molecule has 0 saturated carbocycles.